The molecule has 0 radical (unpaired) electrons. The highest BCUT2D eigenvalue weighted by Gasteiger charge is 2.27. The first kappa shape index (κ1) is 47.5. The molecule has 2 unspecified atom stereocenters. The number of likely N-dealkylation sites (N-methyl/N-ethyl adjacent to an activating group) is 1. The van der Waals surface area contributed by atoms with E-state index in [9.17, 15) is 24.3 Å². The smallest absolute Gasteiger partial charge is 0.362 e. The van der Waals surface area contributed by atoms with Crippen LogP contribution in [0, 0.1) is 0 Å². The van der Waals surface area contributed by atoms with Crippen LogP contribution in [-0.4, -0.2) is 92.7 Å². The van der Waals surface area contributed by atoms with E-state index < -0.39 is 12.2 Å². The van der Waals surface area contributed by atoms with E-state index in [0.29, 0.717) is 49.9 Å². The summed E-state index contributed by atoms with van der Waals surface area (Å²) >= 11 is 0. The van der Waals surface area contributed by atoms with Crippen molar-refractivity contribution < 1.29 is 47.7 Å². The topological polar surface area (TPSA) is 125 Å². The zero-order valence-electron chi connectivity index (χ0n) is 32.6. The van der Waals surface area contributed by atoms with Crippen molar-refractivity contribution in [1.29, 1.82) is 0 Å². The molecule has 0 aliphatic heterocycles. The standard InChI is InChI=1S/C40H74NO9/c1-6-8-21-28-37(50-40(46)34-41(4,5)30-33-49-38(44)26-7-2)36(43)27-22-17-13-9-10-14-18-23-29-39(45)48-32-25-20-16-12-11-15-19-24-31-47-35(3)42/h17,22,36-37,43H,6-16,18-21,23-34H2,1-5H3/q+1. The first-order valence-electron chi connectivity index (χ1n) is 19.8. The molecule has 0 rings (SSSR count). The first-order valence-corrected chi connectivity index (χ1v) is 19.8. The predicted octanol–water partition coefficient (Wildman–Crippen LogP) is 8.16. The van der Waals surface area contributed by atoms with Crippen molar-refractivity contribution in [2.24, 2.45) is 0 Å². The summed E-state index contributed by atoms with van der Waals surface area (Å²) in [6, 6.07) is 0. The number of rotatable bonds is 34. The van der Waals surface area contributed by atoms with E-state index in [-0.39, 0.29) is 37.0 Å². The van der Waals surface area contributed by atoms with Crippen LogP contribution in [0.4, 0.5) is 0 Å². The Labute approximate surface area is 304 Å². The molecule has 0 aromatic heterocycles. The Kier molecular flexibility index (Phi) is 30.9. The van der Waals surface area contributed by atoms with Gasteiger partial charge in [0.1, 0.15) is 19.3 Å². The Balaban J connectivity index is 4.02. The number of allylic oxidation sites excluding steroid dienone is 1. The molecule has 0 aliphatic carbocycles. The Morgan fingerprint density at radius 3 is 1.80 bits per heavy atom. The second kappa shape index (κ2) is 32.4. The van der Waals surface area contributed by atoms with Gasteiger partial charge in [-0.2, -0.15) is 0 Å². The van der Waals surface area contributed by atoms with Gasteiger partial charge in [0.05, 0.1) is 33.4 Å². The number of hydrogen-bond donors (Lipinski definition) is 1. The summed E-state index contributed by atoms with van der Waals surface area (Å²) < 4.78 is 21.7. The minimum absolute atomic E-state index is 0.0918. The minimum Gasteiger partial charge on any atom is -0.466 e. The molecule has 0 fully saturated rings. The van der Waals surface area contributed by atoms with Crippen LogP contribution in [0.15, 0.2) is 12.2 Å². The molecule has 1 N–H and O–H groups in total. The average molecular weight is 713 g/mol. The Hall–Kier alpha value is -2.46. The second-order valence-electron chi connectivity index (χ2n) is 14.3. The van der Waals surface area contributed by atoms with E-state index in [1.807, 2.05) is 27.1 Å². The van der Waals surface area contributed by atoms with Crippen molar-refractivity contribution in [1.82, 2.24) is 0 Å². The highest BCUT2D eigenvalue weighted by Crippen LogP contribution is 2.16. The molecule has 10 heteroatoms. The van der Waals surface area contributed by atoms with Crippen LogP contribution in [0.25, 0.3) is 0 Å². The largest absolute Gasteiger partial charge is 0.466 e. The lowest BCUT2D eigenvalue weighted by atomic mass is 10.0. The quantitative estimate of drug-likeness (QED) is 0.0231. The lowest BCUT2D eigenvalue weighted by Crippen LogP contribution is -2.48. The fraction of sp³-hybridized carbons (Fsp3) is 0.850. The molecule has 10 nitrogen and oxygen atoms in total. The van der Waals surface area contributed by atoms with E-state index in [4.69, 9.17) is 18.9 Å². The molecule has 0 saturated heterocycles. The van der Waals surface area contributed by atoms with Crippen LogP contribution >= 0.6 is 0 Å². The Morgan fingerprint density at radius 1 is 0.620 bits per heavy atom. The number of quaternary nitrogens is 1. The third-order valence-electron chi connectivity index (χ3n) is 8.68. The van der Waals surface area contributed by atoms with E-state index in [2.05, 4.69) is 13.0 Å². The van der Waals surface area contributed by atoms with E-state index >= 15 is 0 Å². The molecule has 0 amide bonds. The number of carbonyl (C=O) groups is 4. The van der Waals surface area contributed by atoms with Gasteiger partial charge in [0, 0.05) is 19.8 Å². The van der Waals surface area contributed by atoms with Crippen molar-refractivity contribution in [2.45, 2.75) is 174 Å². The summed E-state index contributed by atoms with van der Waals surface area (Å²) in [6.07, 6.45) is 23.2. The summed E-state index contributed by atoms with van der Waals surface area (Å²) in [5, 5.41) is 10.9. The van der Waals surface area contributed by atoms with Crippen molar-refractivity contribution >= 4 is 23.9 Å². The minimum atomic E-state index is -0.751. The monoisotopic (exact) mass is 713 g/mol. The van der Waals surface area contributed by atoms with E-state index in [0.717, 1.165) is 96.3 Å². The van der Waals surface area contributed by atoms with Gasteiger partial charge in [-0.15, -0.1) is 0 Å². The van der Waals surface area contributed by atoms with Crippen LogP contribution in [0.3, 0.4) is 0 Å². The summed E-state index contributed by atoms with van der Waals surface area (Å²) in [5.74, 6) is -0.868. The molecular formula is C40H74NO9+. The maximum absolute atomic E-state index is 12.8. The lowest BCUT2D eigenvalue weighted by molar-refractivity contribution is -0.883. The molecule has 0 aliphatic rings. The normalized spacial score (nSPS) is 12.8. The SMILES string of the molecule is CCCCCC(OC(=O)C[N+](C)(C)CCOC(=O)CCC)C(O)CC=CCCCCCCCC(=O)OCCCCCCCCCCOC(C)=O. The zero-order valence-corrected chi connectivity index (χ0v) is 32.6. The van der Waals surface area contributed by atoms with Crippen LogP contribution < -0.4 is 0 Å². The molecule has 2 atom stereocenters. The maximum Gasteiger partial charge on any atom is 0.362 e. The molecule has 0 aromatic rings. The van der Waals surface area contributed by atoms with Gasteiger partial charge >= 0.3 is 23.9 Å². The van der Waals surface area contributed by atoms with Gasteiger partial charge in [-0.3, -0.25) is 14.4 Å². The van der Waals surface area contributed by atoms with Gasteiger partial charge in [-0.1, -0.05) is 96.6 Å². The molecule has 0 aromatic carbocycles. The van der Waals surface area contributed by atoms with E-state index in [1.54, 1.807) is 0 Å². The number of aliphatic hydroxyl groups is 1. The number of hydrogen-bond acceptors (Lipinski definition) is 9. The average Bonchev–Trinajstić information content (AvgIpc) is 3.05. The predicted molar refractivity (Wildman–Crippen MR) is 198 cm³/mol. The van der Waals surface area contributed by atoms with Crippen LogP contribution in [0.1, 0.15) is 162 Å². The molecule has 50 heavy (non-hydrogen) atoms. The van der Waals surface area contributed by atoms with Gasteiger partial charge in [0.2, 0.25) is 0 Å². The fourth-order valence-corrected chi connectivity index (χ4v) is 5.55. The van der Waals surface area contributed by atoms with Crippen LogP contribution in [0.2, 0.25) is 0 Å². The number of ether oxygens (including phenoxy) is 4. The summed E-state index contributed by atoms with van der Waals surface area (Å²) in [4.78, 5) is 47.1. The number of carbonyl (C=O) groups excluding carboxylic acids is 4. The Bertz CT molecular complexity index is 905. The maximum atomic E-state index is 12.8. The zero-order chi connectivity index (χ0) is 37.3. The van der Waals surface area contributed by atoms with Gasteiger partial charge in [-0.25, -0.2) is 4.79 Å². The highest BCUT2D eigenvalue weighted by atomic mass is 16.6. The molecular weight excluding hydrogens is 638 g/mol. The molecule has 0 saturated carbocycles. The van der Waals surface area contributed by atoms with Crippen LogP contribution in [0.5, 0.6) is 0 Å². The summed E-state index contributed by atoms with van der Waals surface area (Å²) in [6.45, 7) is 7.44. The van der Waals surface area contributed by atoms with Crippen molar-refractivity contribution in [3.05, 3.63) is 12.2 Å². The molecule has 292 valence electrons. The first-order chi connectivity index (χ1) is 24.0. The number of unbranched alkanes of at least 4 members (excludes halogenated alkanes) is 14. The third kappa shape index (κ3) is 31.5. The van der Waals surface area contributed by atoms with Gasteiger partial charge < -0.3 is 28.5 Å². The van der Waals surface area contributed by atoms with E-state index in [1.165, 1.54) is 26.2 Å². The fourth-order valence-electron chi connectivity index (χ4n) is 5.55. The highest BCUT2D eigenvalue weighted by molar-refractivity contribution is 5.71. The van der Waals surface area contributed by atoms with Gasteiger partial charge in [0.15, 0.2) is 6.54 Å². The van der Waals surface area contributed by atoms with Gasteiger partial charge in [-0.05, 0) is 57.8 Å². The number of aliphatic hydroxyl groups excluding tert-OH is 1. The Morgan fingerprint density at radius 2 is 1.18 bits per heavy atom. The van der Waals surface area contributed by atoms with Crippen molar-refractivity contribution in [2.75, 3.05) is 47.0 Å². The van der Waals surface area contributed by atoms with Crippen molar-refractivity contribution in [3.8, 4) is 0 Å². The van der Waals surface area contributed by atoms with Crippen molar-refractivity contribution in [3.63, 3.8) is 0 Å². The third-order valence-corrected chi connectivity index (χ3v) is 8.68. The molecule has 0 heterocycles. The van der Waals surface area contributed by atoms with Crippen LogP contribution in [-0.2, 0) is 38.1 Å². The van der Waals surface area contributed by atoms with Gasteiger partial charge in [0.25, 0.3) is 0 Å². The summed E-state index contributed by atoms with van der Waals surface area (Å²) in [7, 11) is 3.81. The molecule has 0 spiro atoms. The summed E-state index contributed by atoms with van der Waals surface area (Å²) in [5.41, 5.74) is 0. The molecule has 0 bridgehead atoms. The lowest BCUT2D eigenvalue weighted by Gasteiger charge is -2.30. The number of esters is 4. The second-order valence-corrected chi connectivity index (χ2v) is 14.3. The number of nitrogens with zero attached hydrogens (tertiary/aromatic N) is 1.